The van der Waals surface area contributed by atoms with Crippen molar-refractivity contribution >= 4 is 17.6 Å². The smallest absolute Gasteiger partial charge is 0.206 e. The minimum atomic E-state index is 0.620. The molecule has 0 aliphatic heterocycles. The van der Waals surface area contributed by atoms with Gasteiger partial charge in [0, 0.05) is 17.1 Å². The summed E-state index contributed by atoms with van der Waals surface area (Å²) in [5.41, 5.74) is 4.10. The fourth-order valence-corrected chi connectivity index (χ4v) is 3.48. The van der Waals surface area contributed by atoms with Gasteiger partial charge in [0.25, 0.3) is 0 Å². The van der Waals surface area contributed by atoms with Gasteiger partial charge in [0.2, 0.25) is 4.80 Å². The van der Waals surface area contributed by atoms with E-state index in [1.807, 2.05) is 59.3 Å². The Morgan fingerprint density at radius 1 is 0.889 bits per heavy atom. The van der Waals surface area contributed by atoms with Crippen LogP contribution in [-0.4, -0.2) is 15.9 Å². The van der Waals surface area contributed by atoms with E-state index in [1.165, 1.54) is 5.56 Å². The van der Waals surface area contributed by atoms with Gasteiger partial charge in [0.1, 0.15) is 0 Å². The molecule has 4 rings (SSSR count). The van der Waals surface area contributed by atoms with E-state index in [1.54, 1.807) is 23.7 Å². The highest BCUT2D eigenvalue weighted by Crippen LogP contribution is 2.19. The summed E-state index contributed by atoms with van der Waals surface area (Å²) in [6.45, 7) is 0.620. The molecular formula is C22H18N4S. The fraction of sp³-hybridized carbons (Fsp3) is 0.0455. The van der Waals surface area contributed by atoms with Crippen molar-refractivity contribution in [3.05, 3.63) is 106 Å². The predicted octanol–water partition coefficient (Wildman–Crippen LogP) is 4.59. The van der Waals surface area contributed by atoms with Crippen LogP contribution >= 0.6 is 11.3 Å². The van der Waals surface area contributed by atoms with Gasteiger partial charge in [0.05, 0.1) is 24.1 Å². The lowest BCUT2D eigenvalue weighted by atomic mass is 10.2. The minimum Gasteiger partial charge on any atom is -0.255 e. The molecule has 2 aromatic heterocycles. The Morgan fingerprint density at radius 2 is 1.63 bits per heavy atom. The average Bonchev–Trinajstić information content (AvgIpc) is 3.15. The zero-order chi connectivity index (χ0) is 18.3. The van der Waals surface area contributed by atoms with Crippen LogP contribution in [0, 0.1) is 0 Å². The summed E-state index contributed by atoms with van der Waals surface area (Å²) in [7, 11) is 0. The number of hydrogen-bond donors (Lipinski definition) is 0. The molecule has 0 aliphatic rings. The highest BCUT2D eigenvalue weighted by molar-refractivity contribution is 7.07. The van der Waals surface area contributed by atoms with E-state index in [-0.39, 0.29) is 0 Å². The number of rotatable bonds is 5. The molecular weight excluding hydrogens is 352 g/mol. The molecule has 0 amide bonds. The van der Waals surface area contributed by atoms with Crippen molar-refractivity contribution in [2.24, 2.45) is 10.1 Å². The summed E-state index contributed by atoms with van der Waals surface area (Å²) in [4.78, 5) is 9.95. The molecule has 0 bridgehead atoms. The topological polar surface area (TPSA) is 42.5 Å². The lowest BCUT2D eigenvalue weighted by Crippen LogP contribution is -2.12. The van der Waals surface area contributed by atoms with E-state index in [9.17, 15) is 0 Å². The summed E-state index contributed by atoms with van der Waals surface area (Å²) in [5, 5.41) is 6.76. The first-order valence-corrected chi connectivity index (χ1v) is 9.54. The second-order valence-electron chi connectivity index (χ2n) is 5.88. The molecule has 0 N–H and O–H groups in total. The molecule has 0 unspecified atom stereocenters. The maximum absolute atomic E-state index is 4.78. The molecule has 4 nitrogen and oxygen atoms in total. The Labute approximate surface area is 161 Å². The number of thiazole rings is 1. The largest absolute Gasteiger partial charge is 0.255 e. The van der Waals surface area contributed by atoms with Gasteiger partial charge in [-0.25, -0.2) is 4.68 Å². The van der Waals surface area contributed by atoms with Gasteiger partial charge >= 0.3 is 0 Å². The summed E-state index contributed by atoms with van der Waals surface area (Å²) in [6.07, 6.45) is 3.53. The molecule has 132 valence electrons. The number of pyridine rings is 1. The molecule has 0 spiro atoms. The van der Waals surface area contributed by atoms with Crippen LogP contribution in [0.5, 0.6) is 0 Å². The van der Waals surface area contributed by atoms with E-state index in [0.717, 1.165) is 21.8 Å². The molecule has 2 aromatic carbocycles. The van der Waals surface area contributed by atoms with Crippen molar-refractivity contribution in [2.45, 2.75) is 6.54 Å². The zero-order valence-electron chi connectivity index (χ0n) is 14.6. The third-order valence-corrected chi connectivity index (χ3v) is 4.84. The number of aromatic nitrogens is 2. The molecule has 0 fully saturated rings. The molecule has 4 aromatic rings. The van der Waals surface area contributed by atoms with Gasteiger partial charge in [-0.2, -0.15) is 5.10 Å². The van der Waals surface area contributed by atoms with Gasteiger partial charge in [-0.05, 0) is 17.7 Å². The van der Waals surface area contributed by atoms with E-state index >= 15 is 0 Å². The second-order valence-corrected chi connectivity index (χ2v) is 6.72. The average molecular weight is 370 g/mol. The van der Waals surface area contributed by atoms with Gasteiger partial charge in [-0.1, -0.05) is 66.7 Å². The van der Waals surface area contributed by atoms with Crippen molar-refractivity contribution in [3.63, 3.8) is 0 Å². The van der Waals surface area contributed by atoms with E-state index in [0.29, 0.717) is 6.54 Å². The summed E-state index contributed by atoms with van der Waals surface area (Å²) in [6, 6.07) is 26.2. The summed E-state index contributed by atoms with van der Waals surface area (Å²) >= 11 is 1.59. The van der Waals surface area contributed by atoms with Crippen molar-refractivity contribution < 1.29 is 0 Å². The number of nitrogens with zero attached hydrogens (tertiary/aromatic N) is 4. The van der Waals surface area contributed by atoms with Crippen LogP contribution in [0.3, 0.4) is 0 Å². The molecule has 0 aliphatic carbocycles. The van der Waals surface area contributed by atoms with E-state index in [4.69, 9.17) is 4.99 Å². The highest BCUT2D eigenvalue weighted by atomic mass is 32.1. The first-order valence-electron chi connectivity index (χ1n) is 8.66. The Balaban J connectivity index is 1.75. The van der Waals surface area contributed by atoms with Gasteiger partial charge in [-0.15, -0.1) is 11.3 Å². The Morgan fingerprint density at radius 3 is 2.37 bits per heavy atom. The van der Waals surface area contributed by atoms with Crippen LogP contribution in [0.25, 0.3) is 11.3 Å². The van der Waals surface area contributed by atoms with Crippen LogP contribution in [-0.2, 0) is 6.54 Å². The van der Waals surface area contributed by atoms with Gasteiger partial charge in [-0.3, -0.25) is 9.98 Å². The molecule has 0 radical (unpaired) electrons. The van der Waals surface area contributed by atoms with Crippen LogP contribution in [0.2, 0.25) is 0 Å². The zero-order valence-corrected chi connectivity index (χ0v) is 15.5. The van der Waals surface area contributed by atoms with Gasteiger partial charge < -0.3 is 0 Å². The molecule has 0 saturated heterocycles. The molecule has 0 atom stereocenters. The van der Waals surface area contributed by atoms with Crippen LogP contribution in [0.15, 0.2) is 101 Å². The molecule has 5 heteroatoms. The first kappa shape index (κ1) is 17.1. The normalized spacial score (nSPS) is 11.9. The molecule has 27 heavy (non-hydrogen) atoms. The van der Waals surface area contributed by atoms with E-state index in [2.05, 4.69) is 39.7 Å². The predicted molar refractivity (Wildman–Crippen MR) is 111 cm³/mol. The maximum Gasteiger partial charge on any atom is 0.206 e. The maximum atomic E-state index is 4.78. The Hall–Kier alpha value is -3.31. The SMILES string of the molecule is C(=N/n1c(-c2ccccc2)csc1=NCc1ccccc1)/c1ccccn1. The van der Waals surface area contributed by atoms with Crippen molar-refractivity contribution in [2.75, 3.05) is 0 Å². The van der Waals surface area contributed by atoms with Gasteiger partial charge in [0.15, 0.2) is 0 Å². The van der Waals surface area contributed by atoms with Crippen molar-refractivity contribution in [1.82, 2.24) is 9.66 Å². The van der Waals surface area contributed by atoms with Crippen LogP contribution < -0.4 is 4.80 Å². The number of benzene rings is 2. The van der Waals surface area contributed by atoms with Crippen LogP contribution in [0.4, 0.5) is 0 Å². The van der Waals surface area contributed by atoms with Crippen LogP contribution in [0.1, 0.15) is 11.3 Å². The Kier molecular flexibility index (Phi) is 5.31. The molecule has 0 saturated carbocycles. The third kappa shape index (κ3) is 4.27. The Bertz CT molecular complexity index is 1080. The third-order valence-electron chi connectivity index (χ3n) is 3.99. The minimum absolute atomic E-state index is 0.620. The summed E-state index contributed by atoms with van der Waals surface area (Å²) < 4.78 is 1.89. The highest BCUT2D eigenvalue weighted by Gasteiger charge is 2.07. The lowest BCUT2D eigenvalue weighted by Gasteiger charge is -2.03. The monoisotopic (exact) mass is 370 g/mol. The van der Waals surface area contributed by atoms with E-state index < -0.39 is 0 Å². The first-order chi connectivity index (χ1) is 13.4. The standard InChI is InChI=1S/C22H18N4S/c1-3-9-18(10-4-1)15-24-22-26(25-16-20-13-7-8-14-23-20)21(17-27-22)19-11-5-2-6-12-19/h1-14,16-17H,15H2/b24-22?,25-16-. The van der Waals surface area contributed by atoms with Crippen molar-refractivity contribution in [1.29, 1.82) is 0 Å². The number of hydrogen-bond acceptors (Lipinski definition) is 4. The fourth-order valence-electron chi connectivity index (χ4n) is 2.64. The summed E-state index contributed by atoms with van der Waals surface area (Å²) in [5.74, 6) is 0. The van der Waals surface area contributed by atoms with Crippen molar-refractivity contribution in [3.8, 4) is 11.3 Å². The molecule has 2 heterocycles. The lowest BCUT2D eigenvalue weighted by molar-refractivity contribution is 0.823. The second kappa shape index (κ2) is 8.38. The quantitative estimate of drug-likeness (QED) is 0.474.